The van der Waals surface area contributed by atoms with Gasteiger partial charge in [0.25, 0.3) is 5.56 Å². The Labute approximate surface area is 244 Å². The Morgan fingerprint density at radius 3 is 2.52 bits per heavy atom. The first-order valence-electron chi connectivity index (χ1n) is 12.8. The number of aliphatic hydroxyl groups is 1. The number of nitrogens with one attached hydrogen (secondary N) is 2. The molecule has 0 saturated heterocycles. The summed E-state index contributed by atoms with van der Waals surface area (Å²) in [6.07, 6.45) is 3.72. The Morgan fingerprint density at radius 1 is 1.23 bits per heavy atom. The van der Waals surface area contributed by atoms with Gasteiger partial charge in [-0.05, 0) is 74.3 Å². The lowest BCUT2D eigenvalue weighted by atomic mass is 9.98. The van der Waals surface area contributed by atoms with E-state index in [4.69, 9.17) is 18.5 Å². The van der Waals surface area contributed by atoms with Gasteiger partial charge in [0.05, 0.1) is 13.2 Å². The smallest absolute Gasteiger partial charge is 0.459 e. The summed E-state index contributed by atoms with van der Waals surface area (Å²) in [5.41, 5.74) is -4.13. The molecule has 1 aliphatic carbocycles. The first-order chi connectivity index (χ1) is 18.9. The van der Waals surface area contributed by atoms with Crippen LogP contribution in [0.3, 0.4) is 0 Å². The maximum Gasteiger partial charge on any atom is 0.459 e. The van der Waals surface area contributed by atoms with E-state index in [9.17, 15) is 24.1 Å². The van der Waals surface area contributed by atoms with Crippen LogP contribution in [0.4, 0.5) is 4.39 Å². The Morgan fingerprint density at radius 2 is 1.90 bits per heavy atom. The van der Waals surface area contributed by atoms with Gasteiger partial charge in [0, 0.05) is 12.3 Å². The van der Waals surface area contributed by atoms with Gasteiger partial charge in [0.2, 0.25) is 0 Å². The predicted molar refractivity (Wildman–Crippen MR) is 152 cm³/mol. The zero-order valence-electron chi connectivity index (χ0n) is 22.2. The summed E-state index contributed by atoms with van der Waals surface area (Å²) in [7, 11) is -4.20. The molecule has 0 radical (unpaired) electrons. The van der Waals surface area contributed by atoms with E-state index in [1.807, 2.05) is 4.98 Å². The highest BCUT2D eigenvalue weighted by atomic mass is 127. The molecule has 222 valence electrons. The minimum atomic E-state index is -4.20. The molecule has 0 amide bonds. The minimum Gasteiger partial charge on any atom is -0.461 e. The number of ether oxygens (including phenoxy) is 2. The Hall–Kier alpha value is -2.10. The highest BCUT2D eigenvalue weighted by Gasteiger charge is 2.43. The molecule has 1 aromatic carbocycles. The zero-order chi connectivity index (χ0) is 29.3. The van der Waals surface area contributed by atoms with Crippen LogP contribution in [0.1, 0.15) is 52.2 Å². The zero-order valence-corrected chi connectivity index (χ0v) is 25.2. The van der Waals surface area contributed by atoms with E-state index in [0.29, 0.717) is 0 Å². The van der Waals surface area contributed by atoms with Crippen molar-refractivity contribution >= 4 is 36.3 Å². The second kappa shape index (κ2) is 14.7. The van der Waals surface area contributed by atoms with Gasteiger partial charge in [0.15, 0.2) is 11.9 Å². The number of H-pyrrole nitrogens is 1. The van der Waals surface area contributed by atoms with E-state index in [0.717, 1.165) is 55.9 Å². The van der Waals surface area contributed by atoms with Crippen molar-refractivity contribution in [2.24, 2.45) is 0 Å². The number of benzene rings is 1. The van der Waals surface area contributed by atoms with Gasteiger partial charge in [-0.1, -0.05) is 24.6 Å². The van der Waals surface area contributed by atoms with Crippen molar-refractivity contribution in [3.8, 4) is 5.75 Å². The number of carbonyl (C=O) groups is 1. The first kappa shape index (κ1) is 32.4. The molecule has 1 heterocycles. The van der Waals surface area contributed by atoms with Gasteiger partial charge >= 0.3 is 19.4 Å². The van der Waals surface area contributed by atoms with E-state index in [2.05, 4.69) is 5.09 Å². The summed E-state index contributed by atoms with van der Waals surface area (Å²) in [6, 6.07) is 8.11. The standard InChI is InChI=1S/C25H34FIN3O9P/c1-17(21(32)38-18-9-5-3-6-10-18)29-40(35,39-19-11-7-4-8-12-19)37-16-15-36-23(25(2,26)22(27)33)30-14-13-20(31)28-24(30)34/h4,7-8,11-14,17-18,22-23,33H,3,5-6,9-10,15-16H2,1-2H3,(H,29,35)(H,28,31,34)/t17-,22-,23?,25+,40?/m0/s1. The Bertz CT molecular complexity index is 1270. The minimum absolute atomic E-state index is 0.203. The quantitative estimate of drug-likeness (QED) is 0.0877. The van der Waals surface area contributed by atoms with Gasteiger partial charge in [-0.15, -0.1) is 0 Å². The normalized spacial score (nSPS) is 19.5. The lowest BCUT2D eigenvalue weighted by Crippen LogP contribution is -2.46. The van der Waals surface area contributed by atoms with E-state index in [-0.39, 0.29) is 11.9 Å². The molecule has 0 aliphatic heterocycles. The van der Waals surface area contributed by atoms with E-state index in [1.165, 1.54) is 29.5 Å². The first-order valence-corrected chi connectivity index (χ1v) is 15.6. The SMILES string of the molecule is C[C@H](NP(=O)(OCCOC(n1ccc(=O)[nH]c1=O)[C@](C)(F)[C@H](O)I)Oc1ccccc1)C(=O)OC1CCCCC1. The fraction of sp³-hybridized carbons (Fsp3) is 0.560. The fourth-order valence-corrected chi connectivity index (χ4v) is 5.79. The number of hydrogen-bond donors (Lipinski definition) is 3. The molecule has 15 heteroatoms. The lowest BCUT2D eigenvalue weighted by Gasteiger charge is -2.33. The maximum absolute atomic E-state index is 15.4. The fourth-order valence-electron chi connectivity index (χ4n) is 4.01. The third kappa shape index (κ3) is 9.21. The van der Waals surface area contributed by atoms with Crippen molar-refractivity contribution in [1.29, 1.82) is 0 Å². The van der Waals surface area contributed by atoms with Gasteiger partial charge in [0.1, 0.15) is 22.0 Å². The maximum atomic E-state index is 15.4. The van der Waals surface area contributed by atoms with Crippen LogP contribution in [0, 0.1) is 0 Å². The van der Waals surface area contributed by atoms with Crippen LogP contribution >= 0.6 is 30.3 Å². The van der Waals surface area contributed by atoms with Gasteiger partial charge in [-0.2, -0.15) is 5.09 Å². The van der Waals surface area contributed by atoms with Crippen LogP contribution in [0.15, 0.2) is 52.2 Å². The number of aromatic nitrogens is 2. The predicted octanol–water partition coefficient (Wildman–Crippen LogP) is 3.59. The number of carbonyl (C=O) groups excluding carboxylic acids is 1. The second-order valence-electron chi connectivity index (χ2n) is 9.51. The highest BCUT2D eigenvalue weighted by Crippen LogP contribution is 2.45. The Kier molecular flexibility index (Phi) is 11.9. The summed E-state index contributed by atoms with van der Waals surface area (Å²) in [5, 5.41) is 12.6. The molecular formula is C25H34FIN3O9P. The van der Waals surface area contributed by atoms with Crippen LogP contribution in [-0.4, -0.2) is 55.8 Å². The number of alkyl halides is 2. The summed E-state index contributed by atoms with van der Waals surface area (Å²) in [4.78, 5) is 38.4. The molecule has 40 heavy (non-hydrogen) atoms. The summed E-state index contributed by atoms with van der Waals surface area (Å²) in [5.74, 6) is -0.403. The molecule has 3 rings (SSSR count). The lowest BCUT2D eigenvalue weighted by molar-refractivity contribution is -0.152. The van der Waals surface area contributed by atoms with Crippen molar-refractivity contribution in [2.75, 3.05) is 13.2 Å². The van der Waals surface area contributed by atoms with E-state index in [1.54, 1.807) is 30.3 Å². The monoisotopic (exact) mass is 697 g/mol. The molecule has 1 saturated carbocycles. The summed E-state index contributed by atoms with van der Waals surface area (Å²) in [6.45, 7) is 1.66. The number of rotatable bonds is 14. The molecule has 12 nitrogen and oxygen atoms in total. The number of nitrogens with zero attached hydrogens (tertiary/aromatic N) is 1. The van der Waals surface area contributed by atoms with Crippen LogP contribution in [0.25, 0.3) is 0 Å². The van der Waals surface area contributed by atoms with Crippen LogP contribution in [0.2, 0.25) is 0 Å². The molecular weight excluding hydrogens is 663 g/mol. The van der Waals surface area contributed by atoms with Gasteiger partial charge in [-0.25, -0.2) is 13.8 Å². The van der Waals surface area contributed by atoms with E-state index >= 15 is 4.39 Å². The third-order valence-electron chi connectivity index (χ3n) is 6.18. The number of esters is 1. The molecule has 0 bridgehead atoms. The van der Waals surface area contributed by atoms with Crippen molar-refractivity contribution in [2.45, 2.75) is 74.1 Å². The van der Waals surface area contributed by atoms with Crippen molar-refractivity contribution in [1.82, 2.24) is 14.6 Å². The number of aliphatic hydroxyl groups excluding tert-OH is 1. The van der Waals surface area contributed by atoms with Crippen molar-refractivity contribution in [3.05, 3.63) is 63.4 Å². The molecule has 3 N–H and O–H groups in total. The molecule has 1 aromatic heterocycles. The number of aromatic amines is 1. The number of hydrogen-bond acceptors (Lipinski definition) is 9. The Balaban J connectivity index is 1.70. The largest absolute Gasteiger partial charge is 0.461 e. The average molecular weight is 697 g/mol. The molecule has 5 atom stereocenters. The average Bonchev–Trinajstić information content (AvgIpc) is 2.90. The van der Waals surface area contributed by atoms with Gasteiger partial charge in [-0.3, -0.25) is 23.7 Å². The number of para-hydroxylation sites is 1. The molecule has 1 aliphatic rings. The molecule has 2 unspecified atom stereocenters. The summed E-state index contributed by atoms with van der Waals surface area (Å²) >= 11 is 1.43. The molecule has 2 aromatic rings. The van der Waals surface area contributed by atoms with Crippen molar-refractivity contribution < 1.29 is 37.4 Å². The van der Waals surface area contributed by atoms with Crippen LogP contribution in [0.5, 0.6) is 5.75 Å². The topological polar surface area (TPSA) is 158 Å². The third-order valence-corrected chi connectivity index (χ3v) is 9.08. The molecule has 0 spiro atoms. The van der Waals surface area contributed by atoms with Crippen LogP contribution < -0.4 is 20.9 Å². The highest BCUT2D eigenvalue weighted by molar-refractivity contribution is 14.1. The van der Waals surface area contributed by atoms with E-state index < -0.39 is 60.2 Å². The van der Waals surface area contributed by atoms with Gasteiger partial charge < -0.3 is 19.1 Å². The second-order valence-corrected chi connectivity index (χ2v) is 12.4. The van der Waals surface area contributed by atoms with Crippen LogP contribution in [-0.2, 0) is 23.4 Å². The summed E-state index contributed by atoms with van der Waals surface area (Å²) < 4.78 is 50.5. The number of halogens is 2. The molecule has 1 fully saturated rings. The van der Waals surface area contributed by atoms with Crippen molar-refractivity contribution in [3.63, 3.8) is 0 Å².